The molecule has 0 spiro atoms. The number of aromatic nitrogens is 1. The van der Waals surface area contributed by atoms with Gasteiger partial charge in [0.1, 0.15) is 0 Å². The van der Waals surface area contributed by atoms with Gasteiger partial charge in [-0.25, -0.2) is 0 Å². The lowest BCUT2D eigenvalue weighted by atomic mass is 9.85. The summed E-state index contributed by atoms with van der Waals surface area (Å²) in [5.41, 5.74) is 5.97. The summed E-state index contributed by atoms with van der Waals surface area (Å²) in [7, 11) is 0. The first-order valence-electron chi connectivity index (χ1n) is 11.8. The van der Waals surface area contributed by atoms with Crippen LogP contribution in [0.3, 0.4) is 0 Å². The van der Waals surface area contributed by atoms with Gasteiger partial charge in [-0.3, -0.25) is 9.59 Å². The van der Waals surface area contributed by atoms with Crippen LogP contribution in [-0.2, 0) is 11.3 Å². The Morgan fingerprint density at radius 3 is 2.62 bits per heavy atom. The average Bonchev–Trinajstić information content (AvgIpc) is 2.96. The molecule has 1 aromatic heterocycles. The lowest BCUT2D eigenvalue weighted by molar-refractivity contribution is -0.116. The topological polar surface area (TPSA) is 54.3 Å². The van der Waals surface area contributed by atoms with E-state index in [0.717, 1.165) is 46.4 Å². The van der Waals surface area contributed by atoms with Gasteiger partial charge in [-0.15, -0.1) is 13.2 Å². The fourth-order valence-electron chi connectivity index (χ4n) is 5.27. The van der Waals surface area contributed by atoms with Crippen molar-refractivity contribution in [2.24, 2.45) is 0 Å². The Hall–Kier alpha value is -3.86. The number of rotatable bonds is 5. The number of carbonyl (C=O) groups is 1. The van der Waals surface area contributed by atoms with Gasteiger partial charge in [0.05, 0.1) is 22.9 Å². The van der Waals surface area contributed by atoms with Crippen molar-refractivity contribution in [3.63, 3.8) is 0 Å². The van der Waals surface area contributed by atoms with Crippen LogP contribution in [0.5, 0.6) is 0 Å². The Morgan fingerprint density at radius 1 is 1.03 bits per heavy atom. The highest BCUT2D eigenvalue weighted by atomic mass is 16.1. The molecule has 5 nitrogen and oxygen atoms in total. The van der Waals surface area contributed by atoms with Crippen LogP contribution < -0.4 is 15.8 Å². The number of aryl methyl sites for hydroxylation is 1. The highest BCUT2D eigenvalue weighted by Gasteiger charge is 2.38. The molecule has 1 atom stereocenters. The van der Waals surface area contributed by atoms with Crippen LogP contribution in [0.25, 0.3) is 10.9 Å². The number of carbonyl (C=O) groups excluding carboxylic acids is 1. The molecule has 1 unspecified atom stereocenters. The molecule has 34 heavy (non-hydrogen) atoms. The molecule has 1 aliphatic heterocycles. The van der Waals surface area contributed by atoms with E-state index in [1.165, 1.54) is 0 Å². The maximum absolute atomic E-state index is 14.0. The van der Waals surface area contributed by atoms with Gasteiger partial charge in [0.15, 0.2) is 5.78 Å². The monoisotopic (exact) mass is 451 g/mol. The summed E-state index contributed by atoms with van der Waals surface area (Å²) in [6.45, 7) is 10.8. The van der Waals surface area contributed by atoms with E-state index in [9.17, 15) is 9.59 Å². The number of fused-ring (bicyclic) bond motifs is 2. The molecule has 0 radical (unpaired) electrons. The van der Waals surface area contributed by atoms with Gasteiger partial charge in [-0.2, -0.15) is 0 Å². The molecule has 2 aromatic carbocycles. The van der Waals surface area contributed by atoms with E-state index in [0.29, 0.717) is 30.6 Å². The molecule has 1 aliphatic carbocycles. The van der Waals surface area contributed by atoms with Gasteiger partial charge < -0.3 is 14.8 Å². The zero-order chi connectivity index (χ0) is 23.8. The summed E-state index contributed by atoms with van der Waals surface area (Å²) in [4.78, 5) is 29.6. The van der Waals surface area contributed by atoms with Crippen molar-refractivity contribution in [3.8, 4) is 0 Å². The van der Waals surface area contributed by atoms with Gasteiger partial charge in [-0.05, 0) is 55.0 Å². The number of benzene rings is 2. The molecule has 5 rings (SSSR count). The van der Waals surface area contributed by atoms with Crippen LogP contribution in [0, 0.1) is 6.92 Å². The summed E-state index contributed by atoms with van der Waals surface area (Å²) >= 11 is 0. The quantitative estimate of drug-likeness (QED) is 0.509. The van der Waals surface area contributed by atoms with Crippen LogP contribution in [0.4, 0.5) is 11.4 Å². The third-order valence-electron chi connectivity index (χ3n) is 6.75. The minimum atomic E-state index is -0.508. The Bertz CT molecular complexity index is 1410. The smallest absolute Gasteiger partial charge is 0.256 e. The van der Waals surface area contributed by atoms with Crippen LogP contribution >= 0.6 is 0 Å². The van der Waals surface area contributed by atoms with E-state index in [2.05, 4.69) is 29.4 Å². The maximum atomic E-state index is 14.0. The molecule has 0 amide bonds. The van der Waals surface area contributed by atoms with Gasteiger partial charge in [0, 0.05) is 36.3 Å². The van der Waals surface area contributed by atoms with Crippen LogP contribution in [-0.4, -0.2) is 16.9 Å². The second-order valence-electron chi connectivity index (χ2n) is 9.02. The number of hydrogen-bond donors (Lipinski definition) is 1. The van der Waals surface area contributed by atoms with Crippen molar-refractivity contribution < 1.29 is 4.79 Å². The summed E-state index contributed by atoms with van der Waals surface area (Å²) in [5, 5.41) is 4.51. The lowest BCUT2D eigenvalue weighted by Gasteiger charge is -2.34. The SMILES string of the molecule is C=CCN1c2ccccc2NC2=C(C(=O)CCC2)C1c1cc2ccc(C)cc2n(CC=C)c1=O. The van der Waals surface area contributed by atoms with E-state index in [4.69, 9.17) is 0 Å². The predicted molar refractivity (Wildman–Crippen MR) is 139 cm³/mol. The number of nitrogens with zero attached hydrogens (tertiary/aromatic N) is 2. The molecule has 0 fully saturated rings. The highest BCUT2D eigenvalue weighted by Crippen LogP contribution is 2.44. The third kappa shape index (κ3) is 3.58. The van der Waals surface area contributed by atoms with Crippen LogP contribution in [0.1, 0.15) is 36.4 Å². The summed E-state index contributed by atoms with van der Waals surface area (Å²) in [5.74, 6) is 0.0966. The number of allylic oxidation sites excluding steroid dienone is 2. The third-order valence-corrected chi connectivity index (χ3v) is 6.75. The van der Waals surface area contributed by atoms with Crippen molar-refractivity contribution in [3.05, 3.63) is 107 Å². The number of hydrogen-bond acceptors (Lipinski definition) is 4. The Balaban J connectivity index is 1.86. The Kier molecular flexibility index (Phi) is 5.70. The van der Waals surface area contributed by atoms with Gasteiger partial charge in [0.25, 0.3) is 5.56 Å². The van der Waals surface area contributed by atoms with Crippen molar-refractivity contribution in [2.75, 3.05) is 16.8 Å². The standard InChI is InChI=1S/C29H29N3O2/c1-4-15-31-24-11-7-6-9-22(24)30-23-10-8-12-26(33)27(23)28(31)21-18-20-14-13-19(3)17-25(20)32(16-5-2)29(21)34/h4-7,9,11,13-14,17-18,28,30H,1-2,8,10,12,15-16H2,3H3. The van der Waals surface area contributed by atoms with E-state index >= 15 is 0 Å². The molecule has 5 heteroatoms. The zero-order valence-electron chi connectivity index (χ0n) is 19.5. The van der Waals surface area contributed by atoms with Crippen LogP contribution in [0.15, 0.2) is 89.9 Å². The second-order valence-corrected chi connectivity index (χ2v) is 9.02. The largest absolute Gasteiger partial charge is 0.357 e. The fourth-order valence-corrected chi connectivity index (χ4v) is 5.27. The minimum Gasteiger partial charge on any atom is -0.357 e. The van der Waals surface area contributed by atoms with Crippen LogP contribution in [0.2, 0.25) is 0 Å². The average molecular weight is 452 g/mol. The molecule has 2 heterocycles. The van der Waals surface area contributed by atoms with Crippen molar-refractivity contribution in [2.45, 2.75) is 38.8 Å². The maximum Gasteiger partial charge on any atom is 0.256 e. The summed E-state index contributed by atoms with van der Waals surface area (Å²) in [6, 6.07) is 15.6. The van der Waals surface area contributed by atoms with E-state index in [1.807, 2.05) is 55.5 Å². The van der Waals surface area contributed by atoms with Crippen molar-refractivity contribution in [1.82, 2.24) is 4.57 Å². The molecule has 1 N–H and O–H groups in total. The number of anilines is 2. The predicted octanol–water partition coefficient (Wildman–Crippen LogP) is 5.66. The first-order valence-corrected chi connectivity index (χ1v) is 11.8. The molecule has 172 valence electrons. The van der Waals surface area contributed by atoms with E-state index in [1.54, 1.807) is 10.6 Å². The fraction of sp³-hybridized carbons (Fsp3) is 0.241. The van der Waals surface area contributed by atoms with Gasteiger partial charge in [0.2, 0.25) is 0 Å². The minimum absolute atomic E-state index is 0.0957. The Morgan fingerprint density at radius 2 is 1.82 bits per heavy atom. The second kappa shape index (κ2) is 8.82. The molecule has 0 saturated heterocycles. The molecule has 2 aliphatic rings. The molecule has 0 bridgehead atoms. The lowest BCUT2D eigenvalue weighted by Crippen LogP contribution is -2.38. The van der Waals surface area contributed by atoms with Gasteiger partial charge in [-0.1, -0.05) is 36.4 Å². The molecular weight excluding hydrogens is 422 g/mol. The summed E-state index contributed by atoms with van der Waals surface area (Å²) in [6.07, 6.45) is 5.65. The van der Waals surface area contributed by atoms with Crippen molar-refractivity contribution in [1.29, 1.82) is 0 Å². The number of ketones is 1. The number of para-hydroxylation sites is 2. The molecular formula is C29H29N3O2. The first-order chi connectivity index (χ1) is 16.5. The molecule has 3 aromatic rings. The number of pyridine rings is 1. The number of nitrogens with one attached hydrogen (secondary N) is 1. The van der Waals surface area contributed by atoms with E-state index in [-0.39, 0.29) is 11.3 Å². The zero-order valence-corrected chi connectivity index (χ0v) is 19.5. The van der Waals surface area contributed by atoms with E-state index < -0.39 is 6.04 Å². The molecule has 0 saturated carbocycles. The van der Waals surface area contributed by atoms with Crippen molar-refractivity contribution >= 4 is 28.1 Å². The Labute approximate surface area is 199 Å². The van der Waals surface area contributed by atoms with Gasteiger partial charge >= 0.3 is 0 Å². The number of Topliss-reactive ketones (excluding diaryl/α,β-unsaturated/α-hetero) is 1. The highest BCUT2D eigenvalue weighted by molar-refractivity contribution is 6.01. The first kappa shape index (κ1) is 22.0. The summed E-state index contributed by atoms with van der Waals surface area (Å²) < 4.78 is 1.77. The normalized spacial score (nSPS) is 17.6.